The van der Waals surface area contributed by atoms with Crippen molar-refractivity contribution in [3.05, 3.63) is 47.8 Å². The highest BCUT2D eigenvalue weighted by molar-refractivity contribution is 5.89. The summed E-state index contributed by atoms with van der Waals surface area (Å²) in [5.41, 5.74) is 2.88. The molecule has 0 unspecified atom stereocenters. The summed E-state index contributed by atoms with van der Waals surface area (Å²) in [6.07, 6.45) is 3.35. The van der Waals surface area contributed by atoms with Gasteiger partial charge in [0.15, 0.2) is 0 Å². The van der Waals surface area contributed by atoms with E-state index in [2.05, 4.69) is 15.7 Å². The van der Waals surface area contributed by atoms with Crippen LogP contribution >= 0.6 is 0 Å². The Morgan fingerprint density at radius 2 is 1.86 bits per heavy atom. The summed E-state index contributed by atoms with van der Waals surface area (Å²) in [4.78, 5) is 26.3. The van der Waals surface area contributed by atoms with Crippen LogP contribution in [0.2, 0.25) is 0 Å². The lowest BCUT2D eigenvalue weighted by Crippen LogP contribution is -2.41. The van der Waals surface area contributed by atoms with Crippen LogP contribution in [0.15, 0.2) is 36.4 Å². The van der Waals surface area contributed by atoms with Crippen molar-refractivity contribution in [1.29, 1.82) is 0 Å². The molecule has 1 aliphatic rings. The highest BCUT2D eigenvalue weighted by atomic mass is 16.2. The number of benzene rings is 1. The maximum atomic E-state index is 12.3. The van der Waals surface area contributed by atoms with Crippen molar-refractivity contribution in [3.8, 4) is 0 Å². The van der Waals surface area contributed by atoms with E-state index < -0.39 is 0 Å². The number of para-hydroxylation sites is 1. The number of carbonyl (C=O) groups is 2. The molecule has 29 heavy (non-hydrogen) atoms. The fourth-order valence-electron chi connectivity index (χ4n) is 3.76. The predicted octanol–water partition coefficient (Wildman–Crippen LogP) is 3.34. The summed E-state index contributed by atoms with van der Waals surface area (Å²) in [5.74, 6) is 0.615. The summed E-state index contributed by atoms with van der Waals surface area (Å²) in [6.45, 7) is 6.78. The first-order valence-electron chi connectivity index (χ1n) is 10.4. The van der Waals surface area contributed by atoms with Crippen molar-refractivity contribution in [2.45, 2.75) is 46.1 Å². The molecule has 2 heterocycles. The van der Waals surface area contributed by atoms with Gasteiger partial charge in [-0.1, -0.05) is 18.2 Å². The number of hydrogen-bond acceptors (Lipinski definition) is 3. The summed E-state index contributed by atoms with van der Waals surface area (Å²) in [5, 5.41) is 10.3. The Labute approximate surface area is 172 Å². The number of amides is 3. The number of rotatable bonds is 7. The first kappa shape index (κ1) is 20.9. The van der Waals surface area contributed by atoms with Gasteiger partial charge in [0.2, 0.25) is 5.91 Å². The van der Waals surface area contributed by atoms with Crippen LogP contribution in [0.1, 0.15) is 37.1 Å². The zero-order valence-corrected chi connectivity index (χ0v) is 17.4. The van der Waals surface area contributed by atoms with Crippen molar-refractivity contribution < 1.29 is 9.59 Å². The number of nitrogens with one attached hydrogen (secondary N) is 2. The van der Waals surface area contributed by atoms with E-state index in [0.29, 0.717) is 25.4 Å². The maximum absolute atomic E-state index is 12.3. The third-order valence-electron chi connectivity index (χ3n) is 5.46. The van der Waals surface area contributed by atoms with Crippen molar-refractivity contribution in [2.75, 3.05) is 25.0 Å². The zero-order valence-electron chi connectivity index (χ0n) is 17.4. The quantitative estimate of drug-likeness (QED) is 0.752. The summed E-state index contributed by atoms with van der Waals surface area (Å²) in [6, 6.07) is 11.5. The number of nitrogens with zero attached hydrogens (tertiary/aromatic N) is 3. The Morgan fingerprint density at radius 3 is 2.52 bits per heavy atom. The van der Waals surface area contributed by atoms with E-state index >= 15 is 0 Å². The summed E-state index contributed by atoms with van der Waals surface area (Å²) in [7, 11) is 0. The smallest absolute Gasteiger partial charge is 0.321 e. The number of urea groups is 1. The van der Waals surface area contributed by atoms with E-state index in [-0.39, 0.29) is 11.9 Å². The molecule has 1 fully saturated rings. The van der Waals surface area contributed by atoms with Gasteiger partial charge in [0, 0.05) is 44.0 Å². The molecule has 0 atom stereocenters. The third-order valence-corrected chi connectivity index (χ3v) is 5.46. The zero-order chi connectivity index (χ0) is 20.6. The lowest BCUT2D eigenvalue weighted by Gasteiger charge is -2.32. The van der Waals surface area contributed by atoms with Crippen LogP contribution in [0.25, 0.3) is 0 Å². The van der Waals surface area contributed by atoms with Gasteiger partial charge in [-0.05, 0) is 57.2 Å². The number of aromatic nitrogens is 2. The minimum Gasteiger partial charge on any atom is -0.356 e. The molecule has 1 aromatic heterocycles. The second-order valence-corrected chi connectivity index (χ2v) is 7.77. The SMILES string of the molecule is Cc1cc(C)n(CCC(=O)NCCC2CCN(C(=O)Nc3ccccc3)CC2)n1. The third kappa shape index (κ3) is 6.34. The Kier molecular flexibility index (Phi) is 7.27. The molecule has 2 N–H and O–H groups in total. The standard InChI is InChI=1S/C22H31N5O2/c1-17-16-18(2)27(25-17)15-11-21(28)23-12-8-19-9-13-26(14-10-19)22(29)24-20-6-4-3-5-7-20/h3-7,16,19H,8-15H2,1-2H3,(H,23,28)(H,24,29). The van der Waals surface area contributed by atoms with E-state index in [4.69, 9.17) is 0 Å². The molecule has 7 heteroatoms. The van der Waals surface area contributed by atoms with Crippen molar-refractivity contribution in [2.24, 2.45) is 5.92 Å². The second kappa shape index (κ2) is 10.1. The lowest BCUT2D eigenvalue weighted by atomic mass is 9.93. The molecule has 0 bridgehead atoms. The van der Waals surface area contributed by atoms with Crippen molar-refractivity contribution in [1.82, 2.24) is 20.0 Å². The molecule has 1 aliphatic heterocycles. The molecule has 0 radical (unpaired) electrons. The molecule has 156 valence electrons. The fourth-order valence-corrected chi connectivity index (χ4v) is 3.76. The molecule has 3 amide bonds. The Hall–Kier alpha value is -2.83. The molecule has 0 saturated carbocycles. The van der Waals surface area contributed by atoms with Crippen LogP contribution in [0.4, 0.5) is 10.5 Å². The van der Waals surface area contributed by atoms with Gasteiger partial charge >= 0.3 is 6.03 Å². The van der Waals surface area contributed by atoms with Crippen LogP contribution in [0.5, 0.6) is 0 Å². The van der Waals surface area contributed by atoms with Crippen molar-refractivity contribution in [3.63, 3.8) is 0 Å². The van der Waals surface area contributed by atoms with Gasteiger partial charge in [-0.15, -0.1) is 0 Å². The van der Waals surface area contributed by atoms with E-state index in [9.17, 15) is 9.59 Å². The number of aryl methyl sites for hydroxylation is 3. The average Bonchev–Trinajstić information content (AvgIpc) is 3.04. The summed E-state index contributed by atoms with van der Waals surface area (Å²) < 4.78 is 1.88. The Bertz CT molecular complexity index is 810. The predicted molar refractivity (Wildman–Crippen MR) is 114 cm³/mol. The molecule has 2 aromatic rings. The Balaban J connectivity index is 1.30. The normalized spacial score (nSPS) is 14.6. The number of likely N-dealkylation sites (tertiary alicyclic amines) is 1. The second-order valence-electron chi connectivity index (χ2n) is 7.77. The maximum Gasteiger partial charge on any atom is 0.321 e. The topological polar surface area (TPSA) is 79.3 Å². The number of carbonyl (C=O) groups excluding carboxylic acids is 2. The monoisotopic (exact) mass is 397 g/mol. The first-order chi connectivity index (χ1) is 14.0. The van der Waals surface area contributed by atoms with Crippen LogP contribution in [0.3, 0.4) is 0 Å². The number of anilines is 1. The van der Waals surface area contributed by atoms with Gasteiger partial charge < -0.3 is 15.5 Å². The van der Waals surface area contributed by atoms with Gasteiger partial charge in [0.1, 0.15) is 0 Å². The van der Waals surface area contributed by atoms with Crippen molar-refractivity contribution >= 4 is 17.6 Å². The summed E-state index contributed by atoms with van der Waals surface area (Å²) >= 11 is 0. The largest absolute Gasteiger partial charge is 0.356 e. The highest BCUT2D eigenvalue weighted by Crippen LogP contribution is 2.21. The van der Waals surface area contributed by atoms with Crippen LogP contribution < -0.4 is 10.6 Å². The van der Waals surface area contributed by atoms with Crippen LogP contribution in [-0.4, -0.2) is 46.3 Å². The molecular weight excluding hydrogens is 366 g/mol. The molecule has 0 aliphatic carbocycles. The Morgan fingerprint density at radius 1 is 1.14 bits per heavy atom. The van der Waals surface area contributed by atoms with E-state index in [1.54, 1.807) is 0 Å². The molecule has 1 saturated heterocycles. The molecule has 1 aromatic carbocycles. The minimum absolute atomic E-state index is 0.0351. The number of hydrogen-bond donors (Lipinski definition) is 2. The van der Waals surface area contributed by atoms with Gasteiger partial charge in [-0.2, -0.15) is 5.10 Å². The van der Waals surface area contributed by atoms with E-state index in [1.807, 2.05) is 59.8 Å². The van der Waals surface area contributed by atoms with Gasteiger partial charge in [0.25, 0.3) is 0 Å². The fraction of sp³-hybridized carbons (Fsp3) is 0.500. The number of piperidine rings is 1. The first-order valence-corrected chi connectivity index (χ1v) is 10.4. The minimum atomic E-state index is -0.0351. The van der Waals surface area contributed by atoms with Gasteiger partial charge in [-0.25, -0.2) is 4.79 Å². The van der Waals surface area contributed by atoms with Gasteiger partial charge in [-0.3, -0.25) is 9.48 Å². The molecule has 3 rings (SSSR count). The van der Waals surface area contributed by atoms with Gasteiger partial charge in [0.05, 0.1) is 5.69 Å². The molecule has 0 spiro atoms. The molecule has 7 nitrogen and oxygen atoms in total. The van der Waals surface area contributed by atoms with Crippen LogP contribution in [-0.2, 0) is 11.3 Å². The van der Waals surface area contributed by atoms with E-state index in [1.165, 1.54) is 0 Å². The lowest BCUT2D eigenvalue weighted by molar-refractivity contribution is -0.121. The average molecular weight is 398 g/mol. The molecular formula is C22H31N5O2. The van der Waals surface area contributed by atoms with Crippen LogP contribution in [0, 0.1) is 19.8 Å². The highest BCUT2D eigenvalue weighted by Gasteiger charge is 2.22. The van der Waals surface area contributed by atoms with E-state index in [0.717, 1.165) is 49.4 Å².